The van der Waals surface area contributed by atoms with Crippen molar-refractivity contribution in [3.8, 4) is 0 Å². The zero-order chi connectivity index (χ0) is 7.15. The van der Waals surface area contributed by atoms with E-state index in [-0.39, 0.29) is 62.3 Å². The van der Waals surface area contributed by atoms with E-state index in [0.29, 0.717) is 0 Å². The second-order valence-electron chi connectivity index (χ2n) is 0.610. The van der Waals surface area contributed by atoms with Gasteiger partial charge in [-0.1, -0.05) is 0 Å². The van der Waals surface area contributed by atoms with E-state index in [1.54, 1.807) is 0 Å². The van der Waals surface area contributed by atoms with Gasteiger partial charge < -0.3 is 21.2 Å². The van der Waals surface area contributed by atoms with Gasteiger partial charge in [0.1, 0.15) is 0 Å². The van der Waals surface area contributed by atoms with Crippen molar-refractivity contribution in [3.05, 3.63) is 0 Å². The van der Waals surface area contributed by atoms with Crippen LogP contribution >= 0.6 is 0 Å². The Morgan fingerprint density at radius 2 is 1.00 bits per heavy atom. The molecule has 0 saturated heterocycles. The van der Waals surface area contributed by atoms with Crippen molar-refractivity contribution in [2.24, 2.45) is 0 Å². The molecule has 0 aliphatic rings. The maximum absolute atomic E-state index is 9.10. The molecule has 0 rings (SSSR count). The summed E-state index contributed by atoms with van der Waals surface area (Å²) in [5.41, 5.74) is 0. The number of hydrogen-bond acceptors (Lipinski definition) is 3. The first-order valence-corrected chi connectivity index (χ1v) is 1.95. The fourth-order valence-electron chi connectivity index (χ4n) is 0. The summed E-state index contributed by atoms with van der Waals surface area (Å²) in [6.07, 6.45) is 0. The standard InChI is InChI=1S/C2H2O4.K.2H2O.O.Ti.H/c3-1(4)2(5)6;;;;;;/h(H,3,4)(H,5,6);;2*1H2;;;. The van der Waals surface area contributed by atoms with Gasteiger partial charge in [-0.05, 0) is 0 Å². The van der Waals surface area contributed by atoms with Gasteiger partial charge in [0.2, 0.25) is 0 Å². The van der Waals surface area contributed by atoms with Gasteiger partial charge in [0.15, 0.2) is 0 Å². The van der Waals surface area contributed by atoms with E-state index in [0.717, 1.165) is 20.4 Å². The van der Waals surface area contributed by atoms with E-state index in [4.69, 9.17) is 23.1 Å². The zero-order valence-electron chi connectivity index (χ0n) is 4.62. The Kier molecular flexibility index (Phi) is 60.5. The van der Waals surface area contributed by atoms with E-state index < -0.39 is 11.9 Å². The molecule has 0 saturated carbocycles. The molecule has 6 N–H and O–H groups in total. The molecule has 7 nitrogen and oxygen atoms in total. The van der Waals surface area contributed by atoms with Crippen LogP contribution in [-0.4, -0.2) is 84.5 Å². The molecular formula is C2H7KO7Ti. The van der Waals surface area contributed by atoms with Crippen LogP contribution in [0.25, 0.3) is 0 Å². The van der Waals surface area contributed by atoms with Crippen LogP contribution in [-0.2, 0) is 33.3 Å². The quantitative estimate of drug-likeness (QED) is 0.330. The van der Waals surface area contributed by atoms with Crippen LogP contribution in [0.1, 0.15) is 0 Å². The predicted octanol–water partition coefficient (Wildman–Crippen LogP) is -3.26. The zero-order valence-corrected chi connectivity index (χ0v) is 6.18. The molecule has 0 unspecified atom stereocenters. The number of hydrogen-bond donors (Lipinski definition) is 2. The summed E-state index contributed by atoms with van der Waals surface area (Å²) in [7, 11) is 0. The first kappa shape index (κ1) is 29.6. The molecule has 0 aromatic rings. The summed E-state index contributed by atoms with van der Waals surface area (Å²) in [6.45, 7) is 0. The van der Waals surface area contributed by atoms with Crippen molar-refractivity contribution in [2.45, 2.75) is 0 Å². The molecule has 0 spiro atoms. The van der Waals surface area contributed by atoms with Crippen LogP contribution in [0.5, 0.6) is 0 Å². The molecule has 0 heterocycles. The molecule has 62 valence electrons. The van der Waals surface area contributed by atoms with Crippen molar-refractivity contribution in [1.82, 2.24) is 0 Å². The van der Waals surface area contributed by atoms with Gasteiger partial charge >= 0.3 is 87.1 Å². The monoisotopic (exact) mass is 230 g/mol. The number of carboxylic acids is 2. The Morgan fingerprint density at radius 1 is 0.909 bits per heavy atom. The Morgan fingerprint density at radius 3 is 1.00 bits per heavy atom. The Bertz CT molecular complexity index is 92.6. The summed E-state index contributed by atoms with van der Waals surface area (Å²) in [5, 5.41) is 14.8. The van der Waals surface area contributed by atoms with Crippen molar-refractivity contribution in [1.29, 1.82) is 0 Å². The van der Waals surface area contributed by atoms with Gasteiger partial charge in [-0.25, -0.2) is 9.59 Å². The number of carboxylic acid groups (broad SMARTS) is 2. The Labute approximate surface area is 116 Å². The molecule has 0 atom stereocenters. The summed E-state index contributed by atoms with van der Waals surface area (Å²) < 4.78 is 8.25. The van der Waals surface area contributed by atoms with Crippen LogP contribution in [0.2, 0.25) is 0 Å². The molecule has 11 heavy (non-hydrogen) atoms. The average molecular weight is 230 g/mol. The molecule has 0 aliphatic heterocycles. The third-order valence-electron chi connectivity index (χ3n) is 0.183. The molecule has 0 amide bonds. The number of aliphatic carboxylic acids is 2. The van der Waals surface area contributed by atoms with Crippen LogP contribution in [0.15, 0.2) is 0 Å². The van der Waals surface area contributed by atoms with Crippen molar-refractivity contribution in [2.75, 3.05) is 0 Å². The van der Waals surface area contributed by atoms with Crippen molar-refractivity contribution >= 4 is 63.3 Å². The normalized spacial score (nSPS) is 4.27. The molecule has 0 bridgehead atoms. The van der Waals surface area contributed by atoms with Crippen LogP contribution in [0.4, 0.5) is 0 Å². The van der Waals surface area contributed by atoms with E-state index in [1.807, 2.05) is 0 Å². The first-order chi connectivity index (χ1) is 3.64. The van der Waals surface area contributed by atoms with E-state index in [9.17, 15) is 0 Å². The second kappa shape index (κ2) is 22.5. The van der Waals surface area contributed by atoms with E-state index in [2.05, 4.69) is 0 Å². The summed E-state index contributed by atoms with van der Waals surface area (Å²) >= 11 is 0.750. The molecule has 0 radical (unpaired) electrons. The van der Waals surface area contributed by atoms with E-state index in [1.165, 1.54) is 0 Å². The fourth-order valence-corrected chi connectivity index (χ4v) is 0. The van der Waals surface area contributed by atoms with Gasteiger partial charge in [-0.3, -0.25) is 0 Å². The third-order valence-corrected chi connectivity index (χ3v) is 0.183. The van der Waals surface area contributed by atoms with Gasteiger partial charge in [-0.15, -0.1) is 0 Å². The number of rotatable bonds is 0. The Hall–Kier alpha value is 1.01. The summed E-state index contributed by atoms with van der Waals surface area (Å²) in [4.78, 5) is 18.2. The van der Waals surface area contributed by atoms with Gasteiger partial charge in [0.25, 0.3) is 0 Å². The van der Waals surface area contributed by atoms with Crippen LogP contribution in [0, 0.1) is 0 Å². The molecule has 9 heteroatoms. The summed E-state index contributed by atoms with van der Waals surface area (Å²) in [5.74, 6) is -3.65. The molecule has 0 aromatic carbocycles. The molecule has 0 fully saturated rings. The van der Waals surface area contributed by atoms with Crippen molar-refractivity contribution in [3.63, 3.8) is 0 Å². The van der Waals surface area contributed by atoms with Gasteiger partial charge in [-0.2, -0.15) is 0 Å². The number of carbonyl (C=O) groups is 2. The maximum atomic E-state index is 9.10. The third kappa shape index (κ3) is 35.6. The van der Waals surface area contributed by atoms with Gasteiger partial charge in [0.05, 0.1) is 0 Å². The average Bonchev–Trinajstić information content (AvgIpc) is 1.72. The summed E-state index contributed by atoms with van der Waals surface area (Å²) in [6, 6.07) is 0. The molecule has 0 aromatic heterocycles. The minimum atomic E-state index is -1.82. The van der Waals surface area contributed by atoms with Crippen LogP contribution in [0.3, 0.4) is 0 Å². The Balaban J connectivity index is -0.0000000222. The van der Waals surface area contributed by atoms with Gasteiger partial charge in [0, 0.05) is 0 Å². The van der Waals surface area contributed by atoms with Crippen molar-refractivity contribution < 1.29 is 54.5 Å². The van der Waals surface area contributed by atoms with E-state index >= 15 is 0 Å². The predicted molar refractivity (Wildman–Crippen MR) is 30.3 cm³/mol. The molecule has 0 aliphatic carbocycles. The van der Waals surface area contributed by atoms with Crippen LogP contribution < -0.4 is 0 Å². The second-order valence-corrected chi connectivity index (χ2v) is 0.610. The fraction of sp³-hybridized carbons (Fsp3) is 0. The topological polar surface area (TPSA) is 155 Å². The SMILES string of the molecule is O.O.O=C(O)C(=O)O.[KH].[O]=[Ti]. The minimum absolute atomic E-state index is 0. The molecular weight excluding hydrogens is 223 g/mol. The first-order valence-electron chi connectivity index (χ1n) is 1.31.